The number of halogens is 2. The van der Waals surface area contributed by atoms with Crippen LogP contribution in [0.25, 0.3) is 6.08 Å². The Morgan fingerprint density at radius 2 is 1.60 bits per heavy atom. The highest BCUT2D eigenvalue weighted by Crippen LogP contribution is 2.43. The van der Waals surface area contributed by atoms with Gasteiger partial charge in [-0.1, -0.05) is 64.9 Å². The van der Waals surface area contributed by atoms with Gasteiger partial charge in [0.05, 0.1) is 54.8 Å². The number of nitrogens with one attached hydrogen (secondary N) is 1. The van der Waals surface area contributed by atoms with Crippen LogP contribution in [0.1, 0.15) is 36.6 Å². The quantitative estimate of drug-likeness (QED) is 0.144. The fourth-order valence-electron chi connectivity index (χ4n) is 5.87. The Morgan fingerprint density at radius 1 is 0.904 bits per heavy atom. The summed E-state index contributed by atoms with van der Waals surface area (Å²) in [5.74, 6) is 1.50. The molecule has 1 aliphatic rings. The fourth-order valence-corrected chi connectivity index (χ4v) is 7.31. The molecule has 1 aromatic heterocycles. The molecule has 5 aromatic rings. The number of anilines is 1. The second-order valence-electron chi connectivity index (χ2n) is 11.5. The van der Waals surface area contributed by atoms with Crippen LogP contribution < -0.4 is 43.9 Å². The molecular weight excluding hydrogens is 725 g/mol. The molecule has 0 unspecified atom stereocenters. The van der Waals surface area contributed by atoms with Crippen molar-refractivity contribution in [1.82, 2.24) is 4.57 Å². The van der Waals surface area contributed by atoms with Crippen LogP contribution in [0.15, 0.2) is 99.9 Å². The molecule has 0 fully saturated rings. The van der Waals surface area contributed by atoms with Crippen LogP contribution in [0, 0.1) is 0 Å². The van der Waals surface area contributed by atoms with Gasteiger partial charge in [-0.25, -0.2) is 4.99 Å². The molecule has 268 valence electrons. The summed E-state index contributed by atoms with van der Waals surface area (Å²) in [5.41, 5.74) is 3.03. The summed E-state index contributed by atoms with van der Waals surface area (Å²) in [5, 5.41) is 3.90. The first-order valence-corrected chi connectivity index (χ1v) is 17.7. The molecule has 0 radical (unpaired) electrons. The number of rotatable bonds is 12. The number of nitrogens with zero attached hydrogens (tertiary/aromatic N) is 2. The van der Waals surface area contributed by atoms with Crippen molar-refractivity contribution in [2.24, 2.45) is 4.99 Å². The number of carbonyl (C=O) groups excluding carboxylic acids is 1. The molecule has 1 atom stereocenters. The van der Waals surface area contributed by atoms with Crippen molar-refractivity contribution in [1.29, 1.82) is 0 Å². The first-order chi connectivity index (χ1) is 25.1. The van der Waals surface area contributed by atoms with Gasteiger partial charge in [-0.15, -0.1) is 0 Å². The minimum Gasteiger partial charge on any atom is -0.493 e. The van der Waals surface area contributed by atoms with Gasteiger partial charge in [0.15, 0.2) is 27.8 Å². The first-order valence-electron chi connectivity index (χ1n) is 16.2. The number of benzene rings is 4. The molecule has 13 heteroatoms. The number of thiazole rings is 1. The largest absolute Gasteiger partial charge is 0.493 e. The predicted octanol–water partition coefficient (Wildman–Crippen LogP) is 7.18. The number of hydrogen-bond acceptors (Lipinski definition) is 9. The molecule has 0 aliphatic carbocycles. The summed E-state index contributed by atoms with van der Waals surface area (Å²) in [4.78, 5) is 33.7. The van der Waals surface area contributed by atoms with Gasteiger partial charge in [0.25, 0.3) is 11.5 Å². The molecule has 10 nitrogen and oxygen atoms in total. The Labute approximate surface area is 314 Å². The average Bonchev–Trinajstić information content (AvgIpc) is 3.44. The van der Waals surface area contributed by atoms with Crippen LogP contribution in [-0.2, 0) is 11.4 Å². The number of para-hydroxylation sites is 1. The number of hydrogen-bond donors (Lipinski definition) is 1. The topological polar surface area (TPSA) is 110 Å². The molecule has 0 saturated heterocycles. The Kier molecular flexibility index (Phi) is 11.2. The number of carbonyl (C=O) groups is 1. The lowest BCUT2D eigenvalue weighted by Crippen LogP contribution is -2.40. The summed E-state index contributed by atoms with van der Waals surface area (Å²) in [6.07, 6.45) is 1.72. The summed E-state index contributed by atoms with van der Waals surface area (Å²) in [6.45, 7) is 4.22. The molecule has 0 spiro atoms. The van der Waals surface area contributed by atoms with Crippen LogP contribution in [0.4, 0.5) is 5.69 Å². The molecule has 2 heterocycles. The minimum absolute atomic E-state index is 0.245. The van der Waals surface area contributed by atoms with Crippen LogP contribution >= 0.6 is 34.5 Å². The van der Waals surface area contributed by atoms with E-state index < -0.39 is 11.9 Å². The third-order valence-electron chi connectivity index (χ3n) is 8.23. The van der Waals surface area contributed by atoms with Crippen molar-refractivity contribution in [3.8, 4) is 28.7 Å². The van der Waals surface area contributed by atoms with E-state index in [0.29, 0.717) is 77.2 Å². The molecular formula is C39H35Cl2N3O7S. The number of fused-ring (bicyclic) bond motifs is 1. The second kappa shape index (κ2) is 16.0. The van der Waals surface area contributed by atoms with Crippen LogP contribution in [0.5, 0.6) is 28.7 Å². The average molecular weight is 761 g/mol. The Morgan fingerprint density at radius 3 is 2.23 bits per heavy atom. The van der Waals surface area contributed by atoms with Crippen molar-refractivity contribution >= 4 is 52.2 Å². The van der Waals surface area contributed by atoms with E-state index in [2.05, 4.69) is 5.32 Å². The smallest absolute Gasteiger partial charge is 0.271 e. The van der Waals surface area contributed by atoms with Crippen molar-refractivity contribution in [3.05, 3.63) is 137 Å². The molecule has 1 aliphatic heterocycles. The van der Waals surface area contributed by atoms with Crippen LogP contribution in [0.3, 0.4) is 0 Å². The van der Waals surface area contributed by atoms with Crippen molar-refractivity contribution in [2.45, 2.75) is 26.5 Å². The van der Waals surface area contributed by atoms with Crippen molar-refractivity contribution in [2.75, 3.05) is 33.3 Å². The predicted molar refractivity (Wildman–Crippen MR) is 203 cm³/mol. The van der Waals surface area contributed by atoms with E-state index >= 15 is 0 Å². The highest BCUT2D eigenvalue weighted by atomic mass is 35.5. The number of amides is 1. The van der Waals surface area contributed by atoms with E-state index in [1.807, 2.05) is 37.3 Å². The van der Waals surface area contributed by atoms with E-state index in [1.165, 1.54) is 37.2 Å². The lowest BCUT2D eigenvalue weighted by Gasteiger charge is -2.26. The zero-order valence-corrected chi connectivity index (χ0v) is 31.3. The fraction of sp³-hybridized carbons (Fsp3) is 0.205. The summed E-state index contributed by atoms with van der Waals surface area (Å²) >= 11 is 14.0. The van der Waals surface area contributed by atoms with E-state index in [1.54, 1.807) is 61.5 Å². The van der Waals surface area contributed by atoms with Crippen molar-refractivity contribution < 1.29 is 28.5 Å². The van der Waals surface area contributed by atoms with Gasteiger partial charge in [-0.05, 0) is 85.1 Å². The van der Waals surface area contributed by atoms with Crippen molar-refractivity contribution in [3.63, 3.8) is 0 Å². The van der Waals surface area contributed by atoms with Gasteiger partial charge in [0.2, 0.25) is 5.75 Å². The lowest BCUT2D eigenvalue weighted by atomic mass is 9.94. The highest BCUT2D eigenvalue weighted by Gasteiger charge is 2.34. The maximum absolute atomic E-state index is 14.5. The number of methoxy groups -OCH3 is 3. The molecule has 0 saturated carbocycles. The molecule has 4 aromatic carbocycles. The number of aromatic nitrogens is 1. The van der Waals surface area contributed by atoms with Gasteiger partial charge < -0.3 is 29.0 Å². The maximum Gasteiger partial charge on any atom is 0.271 e. The first kappa shape index (κ1) is 36.6. The third kappa shape index (κ3) is 7.52. The third-order valence-corrected chi connectivity index (χ3v) is 9.74. The van der Waals surface area contributed by atoms with Gasteiger partial charge in [-0.3, -0.25) is 14.2 Å². The Bertz CT molecular complexity index is 2310. The summed E-state index contributed by atoms with van der Waals surface area (Å²) < 4.78 is 30.7. The molecule has 6 rings (SSSR count). The minimum atomic E-state index is -0.901. The molecule has 52 heavy (non-hydrogen) atoms. The van der Waals surface area contributed by atoms with Crippen LogP contribution in [-0.4, -0.2) is 38.4 Å². The van der Waals surface area contributed by atoms with E-state index in [4.69, 9.17) is 51.9 Å². The van der Waals surface area contributed by atoms with E-state index in [9.17, 15) is 9.59 Å². The Hall–Kier alpha value is -5.23. The van der Waals surface area contributed by atoms with Gasteiger partial charge >= 0.3 is 0 Å². The van der Waals surface area contributed by atoms with Crippen LogP contribution in [0.2, 0.25) is 10.0 Å². The Balaban J connectivity index is 1.47. The number of ether oxygens (including phenoxy) is 5. The van der Waals surface area contributed by atoms with Gasteiger partial charge in [-0.2, -0.15) is 0 Å². The van der Waals surface area contributed by atoms with Gasteiger partial charge in [0.1, 0.15) is 6.61 Å². The maximum atomic E-state index is 14.5. The highest BCUT2D eigenvalue weighted by molar-refractivity contribution is 7.07. The lowest BCUT2D eigenvalue weighted by molar-refractivity contribution is -0.113. The van der Waals surface area contributed by atoms with E-state index in [0.717, 1.165) is 5.56 Å². The molecule has 1 N–H and O–H groups in total. The SMILES string of the molecule is CCOc1cc(/C=c2\sc3n(c2=O)[C@H](c2cc(OC)c(OC)c(OC)c2)C(C(=O)Nc2ccccc2)=C(C)N=3)cc(Cl)c1OCc1ccc(Cl)cc1. The second-order valence-corrected chi connectivity index (χ2v) is 13.4. The zero-order valence-electron chi connectivity index (χ0n) is 29.0. The standard InChI is InChI=1S/C39H35Cl2N3O7S/c1-6-50-31-17-24(16-28(41)35(31)51-21-23-12-14-26(40)15-13-23)18-32-38(46)44-34(25-19-29(47-3)36(49-5)30(20-25)48-4)33(22(2)42-39(44)52-32)37(45)43-27-10-8-7-9-11-27/h7-20,34H,6,21H2,1-5H3,(H,43,45)/b32-18-/t34-/m1/s1. The number of allylic oxidation sites excluding steroid dienone is 1. The normalized spacial score (nSPS) is 14.0. The van der Waals surface area contributed by atoms with E-state index in [-0.39, 0.29) is 17.7 Å². The summed E-state index contributed by atoms with van der Waals surface area (Å²) in [7, 11) is 4.52. The summed E-state index contributed by atoms with van der Waals surface area (Å²) in [6, 6.07) is 22.4. The van der Waals surface area contributed by atoms with Gasteiger partial charge in [0, 0.05) is 10.7 Å². The zero-order chi connectivity index (χ0) is 36.9. The monoisotopic (exact) mass is 759 g/mol. The molecule has 1 amide bonds. The molecule has 0 bridgehead atoms.